The van der Waals surface area contributed by atoms with Gasteiger partial charge in [0.15, 0.2) is 12.6 Å². The summed E-state index contributed by atoms with van der Waals surface area (Å²) in [5.74, 6) is -4.67. The molecular formula is C37H68N2O12. The van der Waals surface area contributed by atoms with Gasteiger partial charge in [0.2, 0.25) is 0 Å². The number of rotatable bonds is 7. The largest absolute Gasteiger partial charge is 0.459 e. The second-order valence-corrected chi connectivity index (χ2v) is 16.6. The minimum absolute atomic E-state index is 0.000358. The van der Waals surface area contributed by atoms with Gasteiger partial charge in [0.05, 0.1) is 48.6 Å². The maximum absolute atomic E-state index is 14.1. The van der Waals surface area contributed by atoms with E-state index in [-0.39, 0.29) is 37.3 Å². The van der Waals surface area contributed by atoms with Gasteiger partial charge in [-0.1, -0.05) is 34.6 Å². The van der Waals surface area contributed by atoms with E-state index in [9.17, 15) is 30.3 Å². The van der Waals surface area contributed by atoms with Gasteiger partial charge in [0.1, 0.15) is 23.4 Å². The van der Waals surface area contributed by atoms with Crippen molar-refractivity contribution in [3.63, 3.8) is 0 Å². The first-order valence-electron chi connectivity index (χ1n) is 18.5. The summed E-state index contributed by atoms with van der Waals surface area (Å²) in [7, 11) is 5.21. The Labute approximate surface area is 304 Å². The Kier molecular flexibility index (Phi) is 14.7. The van der Waals surface area contributed by atoms with Crippen LogP contribution in [-0.2, 0) is 33.2 Å². The number of hydrogen-bond acceptors (Lipinski definition) is 14. The third-order valence-corrected chi connectivity index (χ3v) is 12.0. The highest BCUT2D eigenvalue weighted by Crippen LogP contribution is 2.40. The molecule has 0 spiro atoms. The number of aliphatic hydroxyl groups is 5. The van der Waals surface area contributed by atoms with E-state index in [1.807, 2.05) is 25.9 Å². The highest BCUT2D eigenvalue weighted by atomic mass is 16.7. The predicted molar refractivity (Wildman–Crippen MR) is 189 cm³/mol. The van der Waals surface area contributed by atoms with Gasteiger partial charge in [-0.15, -0.1) is 0 Å². The summed E-state index contributed by atoms with van der Waals surface area (Å²) in [5.41, 5.74) is -4.55. The van der Waals surface area contributed by atoms with Crippen LogP contribution >= 0.6 is 0 Å². The van der Waals surface area contributed by atoms with Gasteiger partial charge >= 0.3 is 5.97 Å². The average Bonchev–Trinajstić information content (AvgIpc) is 3.06. The Morgan fingerprint density at radius 3 is 2.08 bits per heavy atom. The van der Waals surface area contributed by atoms with Crippen molar-refractivity contribution in [1.82, 2.24) is 4.90 Å². The molecule has 3 aliphatic rings. The molecule has 0 bridgehead atoms. The Morgan fingerprint density at radius 1 is 0.922 bits per heavy atom. The number of carbonyl (C=O) groups excluding carboxylic acids is 1. The van der Waals surface area contributed by atoms with Gasteiger partial charge in [0, 0.05) is 36.6 Å². The Balaban J connectivity index is 2.18. The lowest BCUT2D eigenvalue weighted by atomic mass is 9.73. The molecule has 298 valence electrons. The fraction of sp³-hybridized carbons (Fsp3) is 0.946. The number of cyclic esters (lactones) is 1. The van der Waals surface area contributed by atoms with Crippen LogP contribution in [0.1, 0.15) is 88.5 Å². The van der Waals surface area contributed by atoms with Crippen LogP contribution in [0.2, 0.25) is 0 Å². The van der Waals surface area contributed by atoms with E-state index in [1.54, 1.807) is 55.4 Å². The lowest BCUT2D eigenvalue weighted by Gasteiger charge is -2.49. The van der Waals surface area contributed by atoms with Gasteiger partial charge in [-0.05, 0) is 73.9 Å². The number of nitrogens with zero attached hydrogens (tertiary/aromatic N) is 1. The number of likely N-dealkylation sites (N-methyl/N-ethyl adjacent to an activating group) is 1. The zero-order chi connectivity index (χ0) is 39.0. The smallest absolute Gasteiger partial charge is 0.311 e. The molecule has 0 aliphatic carbocycles. The van der Waals surface area contributed by atoms with E-state index in [2.05, 4.69) is 0 Å². The zero-order valence-corrected chi connectivity index (χ0v) is 33.0. The predicted octanol–water partition coefficient (Wildman–Crippen LogP) is 2.09. The van der Waals surface area contributed by atoms with E-state index >= 15 is 0 Å². The second-order valence-electron chi connectivity index (χ2n) is 16.6. The van der Waals surface area contributed by atoms with Crippen molar-refractivity contribution < 1.29 is 58.7 Å². The SMILES string of the molecule is CC[C@@H]1OC(=O)[C@H](C)[C@H](O[C@@H]2OC[C@@](C)(OC)[C@@H](O)[C@@H]2C)[C@H](C)[C@H](O[C@@H]2O[C@H](C)C[C@H](N(C)C)[C@H]2O)[C@](C)(O)C[C@H](C)C(=N)[C@H](C)[C@@H](O)[C@@]1(C)O. The summed E-state index contributed by atoms with van der Waals surface area (Å²) in [5, 5.41) is 67.2. The fourth-order valence-corrected chi connectivity index (χ4v) is 8.35. The lowest BCUT2D eigenvalue weighted by Crippen LogP contribution is -2.61. The van der Waals surface area contributed by atoms with Crippen LogP contribution in [0.25, 0.3) is 0 Å². The van der Waals surface area contributed by atoms with Crippen LogP contribution in [0, 0.1) is 35.0 Å². The first kappa shape index (κ1) is 44.1. The molecule has 3 fully saturated rings. The second kappa shape index (κ2) is 17.0. The normalized spacial score (nSPS) is 49.7. The fourth-order valence-electron chi connectivity index (χ4n) is 8.35. The molecule has 3 aliphatic heterocycles. The highest BCUT2D eigenvalue weighted by molar-refractivity contribution is 5.86. The highest BCUT2D eigenvalue weighted by Gasteiger charge is 2.53. The van der Waals surface area contributed by atoms with Crippen molar-refractivity contribution in [3.05, 3.63) is 0 Å². The van der Waals surface area contributed by atoms with Crippen molar-refractivity contribution in [2.75, 3.05) is 27.8 Å². The molecule has 3 saturated heterocycles. The standard InChI is InChI=1S/C37H68N2O12/c1-14-25-37(10,45)30(42)20(4)26(38)18(2)16-35(8,44)31(51-34-27(40)24(39(11)12)15-19(3)48-34)21(5)28(22(6)32(43)49-25)50-33-23(7)29(41)36(9,46-13)17-47-33/h18-25,27-31,33-34,38,40-42,44-45H,14-17H2,1-13H3/t18-,19+,20-,21-,22+,23-,24-,25-,27+,28+,29-,30+,31-,33-,34-,35+,36+,37-/m0/s1. The van der Waals surface area contributed by atoms with Crippen LogP contribution in [-0.4, -0.2) is 148 Å². The third-order valence-electron chi connectivity index (χ3n) is 12.0. The topological polar surface area (TPSA) is 201 Å². The summed E-state index contributed by atoms with van der Waals surface area (Å²) in [6.07, 6.45) is -8.66. The zero-order valence-electron chi connectivity index (χ0n) is 33.0. The molecule has 0 saturated carbocycles. The molecule has 18 atom stereocenters. The average molecular weight is 733 g/mol. The maximum Gasteiger partial charge on any atom is 0.311 e. The quantitative estimate of drug-likeness (QED) is 0.208. The number of esters is 1. The molecular weight excluding hydrogens is 664 g/mol. The van der Waals surface area contributed by atoms with Gasteiger partial charge in [-0.25, -0.2) is 0 Å². The first-order chi connectivity index (χ1) is 23.4. The van der Waals surface area contributed by atoms with Crippen molar-refractivity contribution in [1.29, 1.82) is 5.41 Å². The molecule has 6 N–H and O–H groups in total. The van der Waals surface area contributed by atoms with Crippen LogP contribution in [0.5, 0.6) is 0 Å². The molecule has 14 heteroatoms. The molecule has 3 rings (SSSR count). The summed E-state index contributed by atoms with van der Waals surface area (Å²) in [4.78, 5) is 16.0. The van der Waals surface area contributed by atoms with Crippen molar-refractivity contribution in [2.45, 2.75) is 167 Å². The number of ether oxygens (including phenoxy) is 6. The number of carbonyl (C=O) groups is 1. The molecule has 0 amide bonds. The summed E-state index contributed by atoms with van der Waals surface area (Å²) >= 11 is 0. The number of hydrogen-bond donors (Lipinski definition) is 6. The van der Waals surface area contributed by atoms with Crippen LogP contribution < -0.4 is 0 Å². The Morgan fingerprint density at radius 2 is 1.53 bits per heavy atom. The number of aliphatic hydroxyl groups excluding tert-OH is 3. The lowest BCUT2D eigenvalue weighted by molar-refractivity contribution is -0.319. The van der Waals surface area contributed by atoms with Crippen molar-refractivity contribution in [3.8, 4) is 0 Å². The van der Waals surface area contributed by atoms with E-state index in [1.165, 1.54) is 14.0 Å². The van der Waals surface area contributed by atoms with Gasteiger partial charge in [-0.3, -0.25) is 4.79 Å². The molecule has 51 heavy (non-hydrogen) atoms. The number of methoxy groups -OCH3 is 1. The molecule has 14 nitrogen and oxygen atoms in total. The maximum atomic E-state index is 14.1. The van der Waals surface area contributed by atoms with Gasteiger partial charge < -0.3 is 64.3 Å². The van der Waals surface area contributed by atoms with E-state index < -0.39 is 102 Å². The van der Waals surface area contributed by atoms with Crippen LogP contribution in [0.3, 0.4) is 0 Å². The minimum Gasteiger partial charge on any atom is -0.459 e. The minimum atomic E-state index is -1.92. The van der Waals surface area contributed by atoms with Gasteiger partial charge in [0.25, 0.3) is 0 Å². The molecule has 0 aromatic carbocycles. The molecule has 0 aromatic rings. The first-order valence-corrected chi connectivity index (χ1v) is 18.5. The molecule has 0 aromatic heterocycles. The number of nitrogens with one attached hydrogen (secondary N) is 1. The van der Waals surface area contributed by atoms with E-state index in [0.29, 0.717) is 6.42 Å². The van der Waals surface area contributed by atoms with Crippen LogP contribution in [0.15, 0.2) is 0 Å². The van der Waals surface area contributed by atoms with E-state index in [0.717, 1.165) is 0 Å². The molecule has 0 radical (unpaired) electrons. The van der Waals surface area contributed by atoms with Crippen LogP contribution in [0.4, 0.5) is 0 Å². The van der Waals surface area contributed by atoms with Crippen molar-refractivity contribution in [2.24, 2.45) is 29.6 Å². The summed E-state index contributed by atoms with van der Waals surface area (Å²) < 4.78 is 37.1. The Bertz CT molecular complexity index is 1170. The third kappa shape index (κ3) is 9.33. The van der Waals surface area contributed by atoms with Crippen molar-refractivity contribution >= 4 is 11.7 Å². The monoisotopic (exact) mass is 732 g/mol. The summed E-state index contributed by atoms with van der Waals surface area (Å²) in [6.45, 7) is 16.8. The molecule has 3 heterocycles. The molecule has 0 unspecified atom stereocenters. The van der Waals surface area contributed by atoms with Gasteiger partial charge in [-0.2, -0.15) is 0 Å². The Hall–Kier alpha value is -1.30. The summed E-state index contributed by atoms with van der Waals surface area (Å²) in [6, 6.07) is -0.306. The van der Waals surface area contributed by atoms with E-state index in [4.69, 9.17) is 33.8 Å².